The highest BCUT2D eigenvalue weighted by Gasteiger charge is 2.37. The van der Waals surface area contributed by atoms with Gasteiger partial charge in [-0.3, -0.25) is 9.69 Å². The molecule has 142 valence electrons. The lowest BCUT2D eigenvalue weighted by Gasteiger charge is -2.42. The number of sulfonamides is 1. The van der Waals surface area contributed by atoms with Crippen molar-refractivity contribution in [2.75, 3.05) is 13.1 Å². The second-order valence-corrected chi connectivity index (χ2v) is 9.71. The molecular formula is C18H24N2O4S2. The zero-order valence-corrected chi connectivity index (χ0v) is 16.8. The van der Waals surface area contributed by atoms with Crippen LogP contribution in [0, 0.1) is 13.8 Å². The van der Waals surface area contributed by atoms with Gasteiger partial charge in [-0.25, -0.2) is 13.1 Å². The van der Waals surface area contributed by atoms with Gasteiger partial charge in [0, 0.05) is 27.0 Å². The van der Waals surface area contributed by atoms with E-state index in [1.54, 1.807) is 0 Å². The van der Waals surface area contributed by atoms with Gasteiger partial charge in [0.2, 0.25) is 10.0 Å². The summed E-state index contributed by atoms with van der Waals surface area (Å²) in [5, 5.41) is 9.74. The van der Waals surface area contributed by atoms with Gasteiger partial charge in [-0.2, -0.15) is 0 Å². The average Bonchev–Trinajstić information content (AvgIpc) is 2.86. The van der Waals surface area contributed by atoms with E-state index in [9.17, 15) is 13.2 Å². The maximum absolute atomic E-state index is 13.0. The van der Waals surface area contributed by atoms with Gasteiger partial charge in [0.05, 0.1) is 6.54 Å². The maximum Gasteiger partial charge on any atom is 0.317 e. The SMILES string of the molecule is CCN(CC(=O)O)C1CC(NS(=O)(=O)c2c(C)sc3c(C)cccc23)C1. The highest BCUT2D eigenvalue weighted by Crippen LogP contribution is 2.37. The topological polar surface area (TPSA) is 86.7 Å². The Morgan fingerprint density at radius 2 is 2.04 bits per heavy atom. The summed E-state index contributed by atoms with van der Waals surface area (Å²) in [4.78, 5) is 14.0. The molecule has 0 saturated heterocycles. The molecule has 0 atom stereocenters. The van der Waals surface area contributed by atoms with Gasteiger partial charge in [0.1, 0.15) is 4.90 Å². The zero-order valence-electron chi connectivity index (χ0n) is 15.2. The molecule has 0 bridgehead atoms. The van der Waals surface area contributed by atoms with Gasteiger partial charge in [-0.05, 0) is 38.8 Å². The molecular weight excluding hydrogens is 372 g/mol. The van der Waals surface area contributed by atoms with Gasteiger partial charge < -0.3 is 5.11 Å². The third kappa shape index (κ3) is 3.64. The average molecular weight is 397 g/mol. The van der Waals surface area contributed by atoms with Gasteiger partial charge in [0.15, 0.2) is 0 Å². The minimum atomic E-state index is -3.60. The number of carbonyl (C=O) groups is 1. The van der Waals surface area contributed by atoms with Crippen LogP contribution in [0.3, 0.4) is 0 Å². The van der Waals surface area contributed by atoms with Crippen molar-refractivity contribution in [3.8, 4) is 0 Å². The van der Waals surface area contributed by atoms with Crippen LogP contribution in [0.15, 0.2) is 23.1 Å². The summed E-state index contributed by atoms with van der Waals surface area (Å²) in [6, 6.07) is 5.70. The molecule has 1 saturated carbocycles. The number of hydrogen-bond acceptors (Lipinski definition) is 5. The zero-order chi connectivity index (χ0) is 19.1. The molecule has 8 heteroatoms. The molecule has 0 radical (unpaired) electrons. The van der Waals surface area contributed by atoms with Crippen molar-refractivity contribution in [3.63, 3.8) is 0 Å². The van der Waals surface area contributed by atoms with Crippen LogP contribution in [0.5, 0.6) is 0 Å². The van der Waals surface area contributed by atoms with E-state index in [2.05, 4.69) is 4.72 Å². The fourth-order valence-electron chi connectivity index (χ4n) is 3.62. The van der Waals surface area contributed by atoms with Crippen molar-refractivity contribution < 1.29 is 18.3 Å². The Bertz CT molecular complexity index is 930. The number of fused-ring (bicyclic) bond motifs is 1. The Morgan fingerprint density at radius 1 is 1.35 bits per heavy atom. The summed E-state index contributed by atoms with van der Waals surface area (Å²) in [7, 11) is -3.60. The van der Waals surface area contributed by atoms with Crippen molar-refractivity contribution >= 4 is 37.4 Å². The number of nitrogens with zero attached hydrogens (tertiary/aromatic N) is 1. The van der Waals surface area contributed by atoms with Crippen molar-refractivity contribution in [1.29, 1.82) is 0 Å². The molecule has 1 fully saturated rings. The molecule has 0 unspecified atom stereocenters. The van der Waals surface area contributed by atoms with Gasteiger partial charge in [-0.15, -0.1) is 11.3 Å². The highest BCUT2D eigenvalue weighted by molar-refractivity contribution is 7.90. The van der Waals surface area contributed by atoms with E-state index in [0.717, 1.165) is 20.5 Å². The molecule has 1 heterocycles. The van der Waals surface area contributed by atoms with Gasteiger partial charge >= 0.3 is 5.97 Å². The maximum atomic E-state index is 13.0. The number of aliphatic carboxylic acids is 1. The first-order valence-corrected chi connectivity index (χ1v) is 11.0. The number of likely N-dealkylation sites (N-methyl/N-ethyl adjacent to an activating group) is 1. The summed E-state index contributed by atoms with van der Waals surface area (Å²) >= 11 is 1.51. The Balaban J connectivity index is 1.75. The van der Waals surface area contributed by atoms with Crippen LogP contribution in [0.1, 0.15) is 30.2 Å². The first kappa shape index (κ1) is 19.3. The van der Waals surface area contributed by atoms with E-state index in [0.29, 0.717) is 24.3 Å². The predicted octanol–water partition coefficient (Wildman–Crippen LogP) is 2.73. The van der Waals surface area contributed by atoms with E-state index in [1.807, 2.05) is 43.9 Å². The molecule has 6 nitrogen and oxygen atoms in total. The first-order valence-electron chi connectivity index (χ1n) is 8.69. The molecule has 1 aromatic carbocycles. The number of hydrogen-bond donors (Lipinski definition) is 2. The number of benzene rings is 1. The molecule has 1 aliphatic carbocycles. The summed E-state index contributed by atoms with van der Waals surface area (Å²) in [6.45, 7) is 6.39. The van der Waals surface area contributed by atoms with Crippen LogP contribution >= 0.6 is 11.3 Å². The largest absolute Gasteiger partial charge is 0.480 e. The van der Waals surface area contributed by atoms with Crippen LogP contribution in [0.4, 0.5) is 0 Å². The Labute approximate surface area is 157 Å². The third-order valence-electron chi connectivity index (χ3n) is 5.00. The van der Waals surface area contributed by atoms with Crippen LogP contribution in [0.25, 0.3) is 10.1 Å². The summed E-state index contributed by atoms with van der Waals surface area (Å²) < 4.78 is 29.7. The first-order chi connectivity index (χ1) is 12.2. The molecule has 26 heavy (non-hydrogen) atoms. The van der Waals surface area contributed by atoms with E-state index < -0.39 is 16.0 Å². The fraction of sp³-hybridized carbons (Fsp3) is 0.500. The Morgan fingerprint density at radius 3 is 2.65 bits per heavy atom. The molecule has 1 aromatic heterocycles. The molecule has 2 N–H and O–H groups in total. The Hall–Kier alpha value is -1.48. The molecule has 2 aromatic rings. The summed E-state index contributed by atoms with van der Waals surface area (Å²) in [5.74, 6) is -0.855. The predicted molar refractivity (Wildman–Crippen MR) is 103 cm³/mol. The second-order valence-electron chi connectivity index (χ2n) is 6.84. The smallest absolute Gasteiger partial charge is 0.317 e. The van der Waals surface area contributed by atoms with Crippen LogP contribution < -0.4 is 4.72 Å². The van der Waals surface area contributed by atoms with Gasteiger partial charge in [0.25, 0.3) is 0 Å². The van der Waals surface area contributed by atoms with Gasteiger partial charge in [-0.1, -0.05) is 25.1 Å². The van der Waals surface area contributed by atoms with Crippen LogP contribution in [0.2, 0.25) is 0 Å². The number of nitrogens with one attached hydrogen (secondary N) is 1. The van der Waals surface area contributed by atoms with Crippen molar-refractivity contribution in [2.24, 2.45) is 0 Å². The molecule has 1 aliphatic rings. The minimum absolute atomic E-state index is 0.00576. The van der Waals surface area contributed by atoms with E-state index >= 15 is 0 Å². The van der Waals surface area contributed by atoms with Crippen molar-refractivity contribution in [3.05, 3.63) is 28.6 Å². The fourth-order valence-corrected chi connectivity index (χ4v) is 6.75. The normalized spacial score (nSPS) is 20.5. The number of aryl methyl sites for hydroxylation is 2. The Kier molecular flexibility index (Phi) is 5.39. The highest BCUT2D eigenvalue weighted by atomic mass is 32.2. The second kappa shape index (κ2) is 7.26. The number of thiophene rings is 1. The van der Waals surface area contributed by atoms with Crippen molar-refractivity contribution in [1.82, 2.24) is 9.62 Å². The molecule has 0 aliphatic heterocycles. The molecule has 0 spiro atoms. The monoisotopic (exact) mass is 396 g/mol. The number of rotatable bonds is 7. The van der Waals surface area contributed by atoms with E-state index in [1.165, 1.54) is 11.3 Å². The summed E-state index contributed by atoms with van der Waals surface area (Å²) in [5.41, 5.74) is 1.08. The molecule has 3 rings (SSSR count). The lowest BCUT2D eigenvalue weighted by Crippen LogP contribution is -2.54. The third-order valence-corrected chi connectivity index (χ3v) is 8.09. The summed E-state index contributed by atoms with van der Waals surface area (Å²) in [6.07, 6.45) is 1.28. The van der Waals surface area contributed by atoms with Crippen molar-refractivity contribution in [2.45, 2.75) is 50.6 Å². The lowest BCUT2D eigenvalue weighted by molar-refractivity contribution is -0.139. The number of carboxylic acids is 1. The van der Waals surface area contributed by atoms with E-state index in [4.69, 9.17) is 5.11 Å². The standard InChI is InChI=1S/C18H24N2O4S2/c1-4-20(10-16(21)22)14-8-13(9-14)19-26(23,24)18-12(3)25-17-11(2)6-5-7-15(17)18/h5-7,13-14,19H,4,8-10H2,1-3H3,(H,21,22). The molecule has 0 amide bonds. The van der Waals surface area contributed by atoms with Crippen LogP contribution in [-0.4, -0.2) is 49.6 Å². The number of carboxylic acid groups (broad SMARTS) is 1. The quantitative estimate of drug-likeness (QED) is 0.751. The van der Waals surface area contributed by atoms with E-state index in [-0.39, 0.29) is 18.6 Å². The minimum Gasteiger partial charge on any atom is -0.480 e. The van der Waals surface area contributed by atoms with Crippen LogP contribution in [-0.2, 0) is 14.8 Å². The lowest BCUT2D eigenvalue weighted by atomic mass is 9.86.